The van der Waals surface area contributed by atoms with Gasteiger partial charge in [-0.1, -0.05) is 18.2 Å². The second kappa shape index (κ2) is 8.81. The zero-order chi connectivity index (χ0) is 22.0. The normalized spacial score (nSPS) is 23.2. The Bertz CT molecular complexity index is 1070. The topological polar surface area (TPSA) is 181 Å². The van der Waals surface area contributed by atoms with Crippen molar-refractivity contribution in [3.8, 4) is 0 Å². The lowest BCUT2D eigenvalue weighted by Crippen LogP contribution is -2.33. The maximum absolute atomic E-state index is 12.2. The van der Waals surface area contributed by atoms with Gasteiger partial charge in [-0.05, 0) is 11.6 Å². The first-order valence-corrected chi connectivity index (χ1v) is 9.63. The highest BCUT2D eigenvalue weighted by Gasteiger charge is 2.44. The monoisotopic (exact) mass is 429 g/mol. The predicted molar refractivity (Wildman–Crippen MR) is 110 cm³/mol. The van der Waals surface area contributed by atoms with Gasteiger partial charge in [0.2, 0.25) is 5.91 Å². The van der Waals surface area contributed by atoms with Gasteiger partial charge in [0.05, 0.1) is 19.5 Å². The molecule has 12 heteroatoms. The predicted octanol–water partition coefficient (Wildman–Crippen LogP) is -1.25. The number of nitrogens with one attached hydrogen (secondary N) is 2. The Labute approximate surface area is 176 Å². The Morgan fingerprint density at radius 3 is 2.74 bits per heavy atom. The largest absolute Gasteiger partial charge is 0.398 e. The zero-order valence-corrected chi connectivity index (χ0v) is 16.4. The molecule has 1 aliphatic heterocycles. The van der Waals surface area contributed by atoms with Gasteiger partial charge < -0.3 is 36.4 Å². The number of aliphatic hydroxyl groups is 3. The summed E-state index contributed by atoms with van der Waals surface area (Å²) in [5, 5.41) is 35.2. The van der Waals surface area contributed by atoms with E-state index in [9.17, 15) is 20.1 Å². The third kappa shape index (κ3) is 4.14. The van der Waals surface area contributed by atoms with Crippen LogP contribution in [0, 0.1) is 0 Å². The Hall–Kier alpha value is -3.32. The first-order chi connectivity index (χ1) is 15.0. The molecule has 0 aliphatic carbocycles. The number of fused-ring (bicyclic) bond motifs is 1. The quantitative estimate of drug-likeness (QED) is 0.248. The number of para-hydroxylation sites is 1. The number of nitrogen functional groups attached to an aromatic ring is 1. The smallest absolute Gasteiger partial charge is 0.239 e. The highest BCUT2D eigenvalue weighted by atomic mass is 16.6. The van der Waals surface area contributed by atoms with Gasteiger partial charge in [-0.3, -0.25) is 9.36 Å². The number of carbonyl (C=O) groups excluding carboxylic acids is 1. The van der Waals surface area contributed by atoms with E-state index in [1.54, 1.807) is 6.07 Å². The van der Waals surface area contributed by atoms with Crippen LogP contribution in [-0.4, -0.2) is 72.2 Å². The number of aromatic nitrogens is 4. The zero-order valence-electron chi connectivity index (χ0n) is 16.4. The molecule has 3 aromatic rings. The molecule has 0 unspecified atom stereocenters. The highest BCUT2D eigenvalue weighted by Crippen LogP contribution is 2.32. The number of ether oxygens (including phenoxy) is 1. The molecule has 4 atom stereocenters. The molecule has 1 aromatic carbocycles. The number of benzene rings is 1. The molecule has 0 bridgehead atoms. The van der Waals surface area contributed by atoms with Crippen LogP contribution in [0.15, 0.2) is 36.9 Å². The van der Waals surface area contributed by atoms with Crippen LogP contribution in [0.3, 0.4) is 0 Å². The lowest BCUT2D eigenvalue weighted by molar-refractivity contribution is -0.119. The Morgan fingerprint density at radius 2 is 2.00 bits per heavy atom. The lowest BCUT2D eigenvalue weighted by atomic mass is 10.1. The van der Waals surface area contributed by atoms with Crippen molar-refractivity contribution < 1.29 is 24.9 Å². The van der Waals surface area contributed by atoms with E-state index < -0.39 is 31.1 Å². The molecule has 12 nitrogen and oxygen atoms in total. The molecule has 164 valence electrons. The average Bonchev–Trinajstić information content (AvgIpc) is 3.33. The first kappa shape index (κ1) is 20.9. The average molecular weight is 429 g/mol. The van der Waals surface area contributed by atoms with Crippen molar-refractivity contribution in [2.75, 3.05) is 24.2 Å². The molecule has 1 saturated heterocycles. The number of imidazole rings is 1. The van der Waals surface area contributed by atoms with E-state index in [0.717, 1.165) is 5.56 Å². The van der Waals surface area contributed by atoms with Gasteiger partial charge in [-0.15, -0.1) is 0 Å². The van der Waals surface area contributed by atoms with Crippen molar-refractivity contribution in [3.63, 3.8) is 0 Å². The van der Waals surface area contributed by atoms with Crippen molar-refractivity contribution in [2.45, 2.75) is 31.1 Å². The number of nitrogens with two attached hydrogens (primary N) is 1. The number of hydrogen-bond acceptors (Lipinski definition) is 10. The summed E-state index contributed by atoms with van der Waals surface area (Å²) in [4.78, 5) is 24.8. The van der Waals surface area contributed by atoms with Gasteiger partial charge in [0, 0.05) is 12.2 Å². The summed E-state index contributed by atoms with van der Waals surface area (Å²) in [6.45, 7) is -0.196. The molecule has 31 heavy (non-hydrogen) atoms. The fourth-order valence-corrected chi connectivity index (χ4v) is 3.39. The summed E-state index contributed by atoms with van der Waals surface area (Å²) in [5.74, 6) is 0.0581. The van der Waals surface area contributed by atoms with Gasteiger partial charge >= 0.3 is 0 Å². The van der Waals surface area contributed by atoms with Crippen molar-refractivity contribution >= 4 is 28.6 Å². The van der Waals surface area contributed by atoms with E-state index in [-0.39, 0.29) is 12.5 Å². The molecule has 0 spiro atoms. The van der Waals surface area contributed by atoms with Crippen LogP contribution in [-0.2, 0) is 16.1 Å². The molecule has 4 rings (SSSR count). The molecular formula is C19H23N7O5. The molecular weight excluding hydrogens is 406 g/mol. The van der Waals surface area contributed by atoms with E-state index in [4.69, 9.17) is 10.5 Å². The van der Waals surface area contributed by atoms with Crippen LogP contribution in [0.25, 0.3) is 11.2 Å². The van der Waals surface area contributed by atoms with Crippen molar-refractivity contribution in [3.05, 3.63) is 42.5 Å². The molecule has 1 fully saturated rings. The van der Waals surface area contributed by atoms with Gasteiger partial charge in [0.15, 0.2) is 23.2 Å². The summed E-state index contributed by atoms with van der Waals surface area (Å²) in [5.41, 5.74) is 7.99. The number of anilines is 2. The summed E-state index contributed by atoms with van der Waals surface area (Å²) in [7, 11) is 0. The minimum atomic E-state index is -1.27. The number of aliphatic hydroxyl groups excluding tert-OH is 3. The summed E-state index contributed by atoms with van der Waals surface area (Å²) in [6.07, 6.45) is -1.72. The van der Waals surface area contributed by atoms with Gasteiger partial charge in [-0.2, -0.15) is 0 Å². The molecule has 1 aliphatic rings. The third-order valence-electron chi connectivity index (χ3n) is 5.10. The lowest BCUT2D eigenvalue weighted by Gasteiger charge is -2.16. The highest BCUT2D eigenvalue weighted by molar-refractivity contribution is 5.86. The number of amides is 1. The van der Waals surface area contributed by atoms with Gasteiger partial charge in [0.25, 0.3) is 0 Å². The molecule has 3 heterocycles. The molecule has 0 radical (unpaired) electrons. The third-order valence-corrected chi connectivity index (χ3v) is 5.10. The number of carbonyl (C=O) groups is 1. The number of nitrogens with zero attached hydrogens (tertiary/aromatic N) is 4. The van der Waals surface area contributed by atoms with Crippen LogP contribution >= 0.6 is 0 Å². The van der Waals surface area contributed by atoms with Crippen molar-refractivity contribution in [2.24, 2.45) is 0 Å². The second-order valence-electron chi connectivity index (χ2n) is 7.10. The van der Waals surface area contributed by atoms with Crippen molar-refractivity contribution in [1.82, 2.24) is 24.8 Å². The summed E-state index contributed by atoms with van der Waals surface area (Å²) >= 11 is 0. The van der Waals surface area contributed by atoms with Gasteiger partial charge in [-0.25, -0.2) is 15.0 Å². The van der Waals surface area contributed by atoms with Crippen LogP contribution < -0.4 is 16.4 Å². The molecule has 1 amide bonds. The van der Waals surface area contributed by atoms with Crippen LogP contribution in [0.4, 0.5) is 11.5 Å². The fourth-order valence-electron chi connectivity index (χ4n) is 3.39. The Kier molecular flexibility index (Phi) is 5.95. The summed E-state index contributed by atoms with van der Waals surface area (Å²) in [6, 6.07) is 7.26. The first-order valence-electron chi connectivity index (χ1n) is 9.63. The van der Waals surface area contributed by atoms with Crippen LogP contribution in [0.2, 0.25) is 0 Å². The number of rotatable bonds is 7. The minimum absolute atomic E-state index is 0.0560. The Morgan fingerprint density at radius 1 is 1.19 bits per heavy atom. The maximum atomic E-state index is 12.2. The van der Waals surface area contributed by atoms with E-state index in [0.29, 0.717) is 29.2 Å². The molecule has 7 N–H and O–H groups in total. The molecule has 0 saturated carbocycles. The molecule has 2 aromatic heterocycles. The van der Waals surface area contributed by atoms with Crippen LogP contribution in [0.1, 0.15) is 11.8 Å². The van der Waals surface area contributed by atoms with E-state index in [2.05, 4.69) is 25.6 Å². The van der Waals surface area contributed by atoms with Gasteiger partial charge in [0.1, 0.15) is 24.6 Å². The standard InChI is InChI=1S/C19H23N7O5/c20-11-4-2-1-3-10(11)5-21-13(28)6-22-17-14-18(24-8-23-17)26(9-25-14)19-16(30)15(29)12(7-27)31-19/h1-4,8-9,12,15-16,19,27,29-30H,5-7,20H2,(H,21,28)(H,22,23,24)/t12-,15-,16-,19-/m1/s1. The fraction of sp³-hybridized carbons (Fsp3) is 0.368. The van der Waals surface area contributed by atoms with Crippen molar-refractivity contribution in [1.29, 1.82) is 0 Å². The van der Waals surface area contributed by atoms with E-state index in [1.807, 2.05) is 18.2 Å². The number of hydrogen-bond donors (Lipinski definition) is 6. The van der Waals surface area contributed by atoms with E-state index in [1.165, 1.54) is 17.2 Å². The Balaban J connectivity index is 1.44. The second-order valence-corrected chi connectivity index (χ2v) is 7.10. The van der Waals surface area contributed by atoms with E-state index >= 15 is 0 Å². The SMILES string of the molecule is Nc1ccccc1CNC(=O)CNc1ncnc2c1ncn2[C@@H]1O[C@H](CO)[C@@H](O)[C@H]1O. The maximum Gasteiger partial charge on any atom is 0.239 e. The summed E-state index contributed by atoms with van der Waals surface area (Å²) < 4.78 is 6.98. The minimum Gasteiger partial charge on any atom is -0.398 e. The van der Waals surface area contributed by atoms with Crippen LogP contribution in [0.5, 0.6) is 0 Å².